The summed E-state index contributed by atoms with van der Waals surface area (Å²) in [5.41, 5.74) is 0.138. The van der Waals surface area contributed by atoms with Crippen LogP contribution in [0.2, 0.25) is 0 Å². The number of methoxy groups -OCH3 is 1. The summed E-state index contributed by atoms with van der Waals surface area (Å²) in [5, 5.41) is 15.9. The smallest absolute Gasteiger partial charge is 0.416 e. The summed E-state index contributed by atoms with van der Waals surface area (Å²) in [6.07, 6.45) is -1.99. The number of halogens is 3. The fourth-order valence-electron chi connectivity index (χ4n) is 3.26. The van der Waals surface area contributed by atoms with E-state index < -0.39 is 23.6 Å². The van der Waals surface area contributed by atoms with Gasteiger partial charge in [-0.3, -0.25) is 4.79 Å². The molecule has 2 aromatic carbocycles. The standard InChI is InChI=1S/C22H15F3N4O4/c1-33-18-6-5-12(17-7-8-26-19-15(21(31)32)11-27-29(17)19)10-16(18)28-20(30)13-3-2-4-14(9-13)22(23,24)25/h2-11H,1H3,(H,28,30)(H,31,32). The Labute approximate surface area is 184 Å². The third kappa shape index (κ3) is 4.20. The quantitative estimate of drug-likeness (QED) is 0.462. The Kier molecular flexibility index (Phi) is 5.46. The zero-order chi connectivity index (χ0) is 23.8. The zero-order valence-corrected chi connectivity index (χ0v) is 16.9. The van der Waals surface area contributed by atoms with E-state index in [4.69, 9.17) is 4.74 Å². The van der Waals surface area contributed by atoms with Gasteiger partial charge in [0.1, 0.15) is 11.3 Å². The summed E-state index contributed by atoms with van der Waals surface area (Å²) >= 11 is 0. The van der Waals surface area contributed by atoms with Crippen molar-refractivity contribution in [3.63, 3.8) is 0 Å². The highest BCUT2D eigenvalue weighted by Gasteiger charge is 2.31. The molecule has 0 radical (unpaired) electrons. The van der Waals surface area contributed by atoms with Crippen molar-refractivity contribution in [3.05, 3.63) is 77.6 Å². The van der Waals surface area contributed by atoms with E-state index in [-0.39, 0.29) is 28.2 Å². The number of carbonyl (C=O) groups is 2. The highest BCUT2D eigenvalue weighted by molar-refractivity contribution is 6.05. The molecular formula is C22H15F3N4O4. The molecule has 0 atom stereocenters. The number of carboxylic acid groups (broad SMARTS) is 1. The van der Waals surface area contributed by atoms with Gasteiger partial charge in [-0.25, -0.2) is 14.3 Å². The minimum absolute atomic E-state index is 0.0802. The molecule has 4 rings (SSSR count). The average Bonchev–Trinajstić information content (AvgIpc) is 3.23. The van der Waals surface area contributed by atoms with E-state index in [9.17, 15) is 27.9 Å². The monoisotopic (exact) mass is 456 g/mol. The second-order valence-electron chi connectivity index (χ2n) is 6.88. The van der Waals surface area contributed by atoms with Crippen LogP contribution in [0.15, 0.2) is 60.9 Å². The summed E-state index contributed by atoms with van der Waals surface area (Å²) in [6, 6.07) is 10.4. The number of ether oxygens (including phenoxy) is 1. The molecule has 0 aliphatic rings. The topological polar surface area (TPSA) is 106 Å². The van der Waals surface area contributed by atoms with Gasteiger partial charge in [-0.1, -0.05) is 6.07 Å². The average molecular weight is 456 g/mol. The molecule has 0 saturated carbocycles. The van der Waals surface area contributed by atoms with E-state index in [1.54, 1.807) is 24.3 Å². The maximum Gasteiger partial charge on any atom is 0.416 e. The van der Waals surface area contributed by atoms with Crippen LogP contribution in [0.1, 0.15) is 26.3 Å². The number of hydrogen-bond donors (Lipinski definition) is 2. The van der Waals surface area contributed by atoms with Gasteiger partial charge in [-0.05, 0) is 42.5 Å². The van der Waals surface area contributed by atoms with Gasteiger partial charge in [-0.2, -0.15) is 18.3 Å². The predicted octanol–water partition coefficient (Wildman–Crippen LogP) is 4.37. The summed E-state index contributed by atoms with van der Waals surface area (Å²) in [5.74, 6) is -1.67. The molecule has 11 heteroatoms. The lowest BCUT2D eigenvalue weighted by molar-refractivity contribution is -0.137. The first-order valence-electron chi connectivity index (χ1n) is 9.42. The molecule has 0 fully saturated rings. The van der Waals surface area contributed by atoms with Gasteiger partial charge in [-0.15, -0.1) is 0 Å². The van der Waals surface area contributed by atoms with Crippen LogP contribution >= 0.6 is 0 Å². The summed E-state index contributed by atoms with van der Waals surface area (Å²) in [4.78, 5) is 28.1. The number of benzene rings is 2. The van der Waals surface area contributed by atoms with E-state index in [1.165, 1.54) is 30.1 Å². The van der Waals surface area contributed by atoms with Gasteiger partial charge in [0, 0.05) is 17.3 Å². The SMILES string of the molecule is COc1ccc(-c2ccnc3c(C(=O)O)cnn23)cc1NC(=O)c1cccc(C(F)(F)F)c1. The van der Waals surface area contributed by atoms with Gasteiger partial charge in [0.05, 0.1) is 30.3 Å². The fourth-order valence-corrected chi connectivity index (χ4v) is 3.26. The zero-order valence-electron chi connectivity index (χ0n) is 16.9. The molecule has 33 heavy (non-hydrogen) atoms. The van der Waals surface area contributed by atoms with Crippen LogP contribution in [-0.4, -0.2) is 38.7 Å². The third-order valence-corrected chi connectivity index (χ3v) is 4.83. The molecule has 2 N–H and O–H groups in total. The lowest BCUT2D eigenvalue weighted by Gasteiger charge is -2.14. The number of hydrogen-bond acceptors (Lipinski definition) is 5. The number of aromatic nitrogens is 3. The molecule has 0 unspecified atom stereocenters. The highest BCUT2D eigenvalue weighted by atomic mass is 19.4. The van der Waals surface area contributed by atoms with Gasteiger partial charge >= 0.3 is 12.1 Å². The van der Waals surface area contributed by atoms with E-state index in [0.29, 0.717) is 11.3 Å². The van der Waals surface area contributed by atoms with Gasteiger partial charge in [0.2, 0.25) is 0 Å². The van der Waals surface area contributed by atoms with Crippen molar-refractivity contribution < 1.29 is 32.6 Å². The molecule has 4 aromatic rings. The summed E-state index contributed by atoms with van der Waals surface area (Å²) in [7, 11) is 1.38. The molecule has 0 spiro atoms. The maximum atomic E-state index is 13.0. The molecule has 0 saturated heterocycles. The second-order valence-corrected chi connectivity index (χ2v) is 6.88. The second kappa shape index (κ2) is 8.26. The van der Waals surface area contributed by atoms with E-state index in [2.05, 4.69) is 15.4 Å². The lowest BCUT2D eigenvalue weighted by atomic mass is 10.1. The van der Waals surface area contributed by atoms with Crippen molar-refractivity contribution in [2.45, 2.75) is 6.18 Å². The Morgan fingerprint density at radius 2 is 1.91 bits per heavy atom. The molecule has 2 aromatic heterocycles. The molecule has 0 bridgehead atoms. The van der Waals surface area contributed by atoms with Crippen LogP contribution in [0, 0.1) is 0 Å². The van der Waals surface area contributed by atoms with Crippen LogP contribution in [0.5, 0.6) is 5.75 Å². The highest BCUT2D eigenvalue weighted by Crippen LogP contribution is 2.32. The third-order valence-electron chi connectivity index (χ3n) is 4.83. The summed E-state index contributed by atoms with van der Waals surface area (Å²) in [6.45, 7) is 0. The van der Waals surface area contributed by atoms with Gasteiger partial charge in [0.25, 0.3) is 5.91 Å². The number of nitrogens with one attached hydrogen (secondary N) is 1. The van der Waals surface area contributed by atoms with Crippen molar-refractivity contribution in [2.75, 3.05) is 12.4 Å². The van der Waals surface area contributed by atoms with Gasteiger partial charge in [0.15, 0.2) is 5.65 Å². The Morgan fingerprint density at radius 1 is 1.12 bits per heavy atom. The first-order chi connectivity index (χ1) is 15.7. The lowest BCUT2D eigenvalue weighted by Crippen LogP contribution is -2.14. The van der Waals surface area contributed by atoms with Crippen molar-refractivity contribution in [2.24, 2.45) is 0 Å². The number of aromatic carboxylic acids is 1. The van der Waals surface area contributed by atoms with Crippen LogP contribution in [0.3, 0.4) is 0 Å². The molecule has 168 valence electrons. The number of alkyl halides is 3. The minimum atomic E-state index is -4.58. The fraction of sp³-hybridized carbons (Fsp3) is 0.0909. The number of fused-ring (bicyclic) bond motifs is 1. The van der Waals surface area contributed by atoms with Crippen LogP contribution in [-0.2, 0) is 6.18 Å². The van der Waals surface area contributed by atoms with Crippen LogP contribution < -0.4 is 10.1 Å². The Bertz CT molecular complexity index is 1380. The Hall–Kier alpha value is -4.41. The number of rotatable bonds is 5. The normalized spacial score (nSPS) is 11.4. The van der Waals surface area contributed by atoms with Crippen molar-refractivity contribution in [3.8, 4) is 17.0 Å². The van der Waals surface area contributed by atoms with Crippen molar-refractivity contribution in [1.29, 1.82) is 0 Å². The molecule has 0 aliphatic heterocycles. The molecular weight excluding hydrogens is 441 g/mol. The van der Waals surface area contributed by atoms with E-state index in [0.717, 1.165) is 18.2 Å². The Balaban J connectivity index is 1.72. The molecule has 0 aliphatic carbocycles. The number of carbonyl (C=O) groups excluding carboxylic acids is 1. The Morgan fingerprint density at radius 3 is 2.61 bits per heavy atom. The first-order valence-corrected chi connectivity index (χ1v) is 9.42. The number of nitrogens with zero attached hydrogens (tertiary/aromatic N) is 3. The van der Waals surface area contributed by atoms with Crippen molar-refractivity contribution in [1.82, 2.24) is 14.6 Å². The van der Waals surface area contributed by atoms with E-state index >= 15 is 0 Å². The minimum Gasteiger partial charge on any atom is -0.495 e. The predicted molar refractivity (Wildman–Crippen MR) is 111 cm³/mol. The largest absolute Gasteiger partial charge is 0.495 e. The number of amides is 1. The van der Waals surface area contributed by atoms with Crippen LogP contribution in [0.25, 0.3) is 16.9 Å². The van der Waals surface area contributed by atoms with E-state index in [1.807, 2.05) is 0 Å². The molecule has 8 nitrogen and oxygen atoms in total. The summed E-state index contributed by atoms with van der Waals surface area (Å²) < 4.78 is 45.6. The van der Waals surface area contributed by atoms with Gasteiger partial charge < -0.3 is 15.2 Å². The first kappa shape index (κ1) is 21.8. The number of anilines is 1. The molecule has 2 heterocycles. The number of carboxylic acids is 1. The molecule has 1 amide bonds. The van der Waals surface area contributed by atoms with Crippen LogP contribution in [0.4, 0.5) is 18.9 Å². The van der Waals surface area contributed by atoms with Crippen molar-refractivity contribution >= 4 is 23.2 Å². The maximum absolute atomic E-state index is 13.0.